The van der Waals surface area contributed by atoms with E-state index in [-0.39, 0.29) is 6.04 Å². The van der Waals surface area contributed by atoms with E-state index in [0.29, 0.717) is 17.8 Å². The number of nitrogens with zero attached hydrogens (tertiary/aromatic N) is 2. The number of fused-ring (bicyclic) bond motifs is 1. The molecule has 0 radical (unpaired) electrons. The highest BCUT2D eigenvalue weighted by Crippen LogP contribution is 2.30. The fourth-order valence-electron chi connectivity index (χ4n) is 3.76. The number of piperidine rings is 1. The van der Waals surface area contributed by atoms with E-state index in [1.165, 1.54) is 0 Å². The van der Waals surface area contributed by atoms with Crippen molar-refractivity contribution in [3.05, 3.63) is 54.2 Å². The van der Waals surface area contributed by atoms with Gasteiger partial charge in [0.1, 0.15) is 0 Å². The number of rotatable bonds is 4. The zero-order valence-corrected chi connectivity index (χ0v) is 14.8. The molecule has 1 aliphatic rings. The lowest BCUT2D eigenvalue weighted by molar-refractivity contribution is -0.127. The van der Waals surface area contributed by atoms with E-state index in [9.17, 15) is 13.2 Å². The van der Waals surface area contributed by atoms with Gasteiger partial charge in [0, 0.05) is 35.9 Å². The molecule has 1 aliphatic heterocycles. The van der Waals surface area contributed by atoms with E-state index >= 15 is 0 Å². The first-order chi connectivity index (χ1) is 13.0. The van der Waals surface area contributed by atoms with Crippen LogP contribution in [0.5, 0.6) is 0 Å². The Balaban J connectivity index is 1.49. The molecule has 0 aliphatic carbocycles. The molecule has 2 aromatic carbocycles. The second-order valence-electron chi connectivity index (χ2n) is 7.02. The van der Waals surface area contributed by atoms with Gasteiger partial charge in [0.15, 0.2) is 0 Å². The predicted molar refractivity (Wildman–Crippen MR) is 101 cm³/mol. The monoisotopic (exact) mass is 374 g/mol. The largest absolute Gasteiger partial charge is 0.393 e. The van der Waals surface area contributed by atoms with Gasteiger partial charge in [-0.05, 0) is 42.7 Å². The molecule has 1 fully saturated rings. The van der Waals surface area contributed by atoms with E-state index in [1.54, 1.807) is 30.5 Å². The number of alkyl halides is 3. The number of anilines is 2. The van der Waals surface area contributed by atoms with Crippen molar-refractivity contribution >= 4 is 22.3 Å². The maximum absolute atomic E-state index is 12.9. The number of nitrogens with one attached hydrogen (secondary N) is 2. The summed E-state index contributed by atoms with van der Waals surface area (Å²) in [6.45, 7) is 1.45. The lowest BCUT2D eigenvalue weighted by atomic mass is 10.0. The summed E-state index contributed by atoms with van der Waals surface area (Å²) in [5.41, 5.74) is 2.97. The van der Waals surface area contributed by atoms with Crippen molar-refractivity contribution < 1.29 is 13.2 Å². The van der Waals surface area contributed by atoms with E-state index in [2.05, 4.69) is 20.4 Å². The van der Waals surface area contributed by atoms with Crippen molar-refractivity contribution in [2.45, 2.75) is 31.5 Å². The van der Waals surface area contributed by atoms with Gasteiger partial charge in [-0.2, -0.15) is 18.3 Å². The first kappa shape index (κ1) is 17.7. The second kappa shape index (κ2) is 7.13. The minimum atomic E-state index is -4.21. The van der Waals surface area contributed by atoms with E-state index < -0.39 is 12.6 Å². The summed E-state index contributed by atoms with van der Waals surface area (Å²) >= 11 is 0. The molecule has 4 rings (SSSR count). The van der Waals surface area contributed by atoms with Gasteiger partial charge in [-0.1, -0.05) is 18.2 Å². The molecule has 2 N–H and O–H groups in total. The number of halogens is 3. The Morgan fingerprint density at radius 3 is 2.89 bits per heavy atom. The number of H-pyrrole nitrogens is 1. The highest BCUT2D eigenvalue weighted by atomic mass is 19.4. The Morgan fingerprint density at radius 2 is 2.04 bits per heavy atom. The Bertz CT molecular complexity index is 919. The van der Waals surface area contributed by atoms with E-state index in [4.69, 9.17) is 0 Å². The van der Waals surface area contributed by atoms with E-state index in [0.717, 1.165) is 36.0 Å². The quantitative estimate of drug-likeness (QED) is 0.693. The molecule has 7 heteroatoms. The lowest BCUT2D eigenvalue weighted by Gasteiger charge is -2.36. The molecular formula is C20H21F3N4. The maximum Gasteiger partial charge on any atom is 0.393 e. The van der Waals surface area contributed by atoms with Crippen molar-refractivity contribution in [1.29, 1.82) is 0 Å². The van der Waals surface area contributed by atoms with Crippen LogP contribution in [-0.2, 0) is 6.42 Å². The maximum atomic E-state index is 12.9. The Kier molecular flexibility index (Phi) is 4.68. The summed E-state index contributed by atoms with van der Waals surface area (Å²) in [7, 11) is 0. The molecule has 0 bridgehead atoms. The van der Waals surface area contributed by atoms with Gasteiger partial charge in [0.2, 0.25) is 0 Å². The Morgan fingerprint density at radius 1 is 1.19 bits per heavy atom. The van der Waals surface area contributed by atoms with Crippen LogP contribution in [0.4, 0.5) is 24.5 Å². The van der Waals surface area contributed by atoms with Crippen LogP contribution in [0.3, 0.4) is 0 Å². The summed E-state index contributed by atoms with van der Waals surface area (Å²) in [6.07, 6.45) is -1.40. The molecule has 1 saturated heterocycles. The Hall–Kier alpha value is -2.70. The normalized spacial score (nSPS) is 18.0. The van der Waals surface area contributed by atoms with Crippen molar-refractivity contribution in [1.82, 2.24) is 10.2 Å². The minimum absolute atomic E-state index is 0.179. The molecule has 0 saturated carbocycles. The summed E-state index contributed by atoms with van der Waals surface area (Å²) in [5, 5.41) is 11.5. The van der Waals surface area contributed by atoms with Crippen LogP contribution in [0.25, 0.3) is 10.9 Å². The third-order valence-corrected chi connectivity index (χ3v) is 4.96. The molecule has 1 aromatic heterocycles. The topological polar surface area (TPSA) is 44.0 Å². The molecule has 1 atom stereocenters. The predicted octanol–water partition coefficient (Wildman–Crippen LogP) is 4.75. The zero-order chi connectivity index (χ0) is 18.9. The molecule has 2 heterocycles. The second-order valence-corrected chi connectivity index (χ2v) is 7.02. The standard InChI is InChI=1S/C20H21F3N4/c21-20(22,23)11-14-4-1-2-6-19(14)27-9-3-5-17(13-27)25-16-8-7-15-12-24-26-18(15)10-16/h1-2,4,6-8,10,12,17,25H,3,5,9,11,13H2,(H,24,26). The molecule has 1 unspecified atom stereocenters. The third kappa shape index (κ3) is 4.18. The summed E-state index contributed by atoms with van der Waals surface area (Å²) in [4.78, 5) is 2.07. The van der Waals surface area contributed by atoms with Crippen LogP contribution in [0, 0.1) is 0 Å². The van der Waals surface area contributed by atoms with E-state index in [1.807, 2.05) is 18.2 Å². The molecule has 142 valence electrons. The van der Waals surface area contributed by atoms with Crippen LogP contribution in [-0.4, -0.2) is 35.5 Å². The highest BCUT2D eigenvalue weighted by molar-refractivity contribution is 5.81. The molecule has 27 heavy (non-hydrogen) atoms. The summed E-state index contributed by atoms with van der Waals surface area (Å²) in [6, 6.07) is 13.0. The fourth-order valence-corrected chi connectivity index (χ4v) is 3.76. The van der Waals surface area contributed by atoms with Crippen molar-refractivity contribution in [3.8, 4) is 0 Å². The van der Waals surface area contributed by atoms with Crippen molar-refractivity contribution in [3.63, 3.8) is 0 Å². The van der Waals surface area contributed by atoms with Crippen molar-refractivity contribution in [2.24, 2.45) is 0 Å². The van der Waals surface area contributed by atoms with Gasteiger partial charge in [-0.15, -0.1) is 0 Å². The average molecular weight is 374 g/mol. The third-order valence-electron chi connectivity index (χ3n) is 4.96. The SMILES string of the molecule is FC(F)(F)Cc1ccccc1N1CCCC(Nc2ccc3cn[nH]c3c2)C1. The molecule has 3 aromatic rings. The molecule has 4 nitrogen and oxygen atoms in total. The smallest absolute Gasteiger partial charge is 0.380 e. The van der Waals surface area contributed by atoms with Crippen LogP contribution in [0.1, 0.15) is 18.4 Å². The average Bonchev–Trinajstić information content (AvgIpc) is 3.09. The van der Waals surface area contributed by atoms with Crippen LogP contribution in [0.2, 0.25) is 0 Å². The fraction of sp³-hybridized carbons (Fsp3) is 0.350. The number of hydrogen-bond donors (Lipinski definition) is 2. The van der Waals surface area contributed by atoms with Crippen LogP contribution >= 0.6 is 0 Å². The number of benzene rings is 2. The van der Waals surface area contributed by atoms with Crippen molar-refractivity contribution in [2.75, 3.05) is 23.3 Å². The first-order valence-corrected chi connectivity index (χ1v) is 9.07. The van der Waals surface area contributed by atoms with Gasteiger partial charge in [-0.3, -0.25) is 5.10 Å². The first-order valence-electron chi connectivity index (χ1n) is 9.07. The molecular weight excluding hydrogens is 353 g/mol. The van der Waals surface area contributed by atoms with Gasteiger partial charge < -0.3 is 10.2 Å². The van der Waals surface area contributed by atoms with Gasteiger partial charge in [0.25, 0.3) is 0 Å². The van der Waals surface area contributed by atoms with Crippen LogP contribution < -0.4 is 10.2 Å². The number of aromatic nitrogens is 2. The number of aromatic amines is 1. The Labute approximate surface area is 155 Å². The van der Waals surface area contributed by atoms with Gasteiger partial charge in [0.05, 0.1) is 18.1 Å². The molecule has 0 amide bonds. The highest BCUT2D eigenvalue weighted by Gasteiger charge is 2.30. The zero-order valence-electron chi connectivity index (χ0n) is 14.8. The molecule has 0 spiro atoms. The van der Waals surface area contributed by atoms with Gasteiger partial charge >= 0.3 is 6.18 Å². The summed E-state index contributed by atoms with van der Waals surface area (Å²) in [5.74, 6) is 0. The van der Waals surface area contributed by atoms with Crippen LogP contribution in [0.15, 0.2) is 48.7 Å². The van der Waals surface area contributed by atoms with Gasteiger partial charge in [-0.25, -0.2) is 0 Å². The number of para-hydroxylation sites is 1. The summed E-state index contributed by atoms with van der Waals surface area (Å²) < 4.78 is 38.7. The number of hydrogen-bond acceptors (Lipinski definition) is 3. The lowest BCUT2D eigenvalue weighted by Crippen LogP contribution is -2.42. The minimum Gasteiger partial charge on any atom is -0.380 e.